The highest BCUT2D eigenvalue weighted by atomic mass is 16.1. The van der Waals surface area contributed by atoms with Crippen LogP contribution in [0, 0.1) is 0 Å². The van der Waals surface area contributed by atoms with Gasteiger partial charge in [0, 0.05) is 37.8 Å². The van der Waals surface area contributed by atoms with Crippen LogP contribution in [0.15, 0.2) is 72.0 Å². The van der Waals surface area contributed by atoms with Gasteiger partial charge in [-0.2, -0.15) is 0 Å². The van der Waals surface area contributed by atoms with Crippen LogP contribution in [0.25, 0.3) is 5.52 Å². The van der Waals surface area contributed by atoms with Crippen molar-refractivity contribution in [3.8, 4) is 0 Å². The van der Waals surface area contributed by atoms with Gasteiger partial charge in [0.2, 0.25) is 0 Å². The quantitative estimate of drug-likeness (QED) is 0.684. The molecule has 0 atom stereocenters. The number of nitrogens with one attached hydrogen (secondary N) is 1. The number of nitrogens with zero attached hydrogens (tertiary/aromatic N) is 5. The van der Waals surface area contributed by atoms with Gasteiger partial charge in [0.25, 0.3) is 0 Å². The monoisotopic (exact) mass is 347 g/mol. The Morgan fingerprint density at radius 3 is 2.96 bits per heavy atom. The Labute approximate surface area is 149 Å². The van der Waals surface area contributed by atoms with E-state index in [0.717, 1.165) is 12.1 Å². The molecule has 0 saturated heterocycles. The number of carbonyl (C=O) groups excluding carboxylic acids is 1. The number of hydrogen-bond donors (Lipinski definition) is 2. The lowest BCUT2D eigenvalue weighted by atomic mass is 10.1. The van der Waals surface area contributed by atoms with Crippen molar-refractivity contribution >= 4 is 28.5 Å². The minimum Gasteiger partial charge on any atom is -0.397 e. The normalized spacial score (nSPS) is 15.6. The number of nitrogens with two attached hydrogens (primary N) is 1. The number of carbonyl (C=O) groups is 1. The summed E-state index contributed by atoms with van der Waals surface area (Å²) in [6.07, 6.45) is 11.7. The maximum Gasteiger partial charge on any atom is 0.180 e. The molecule has 0 aliphatic heterocycles. The first-order valence-electron chi connectivity index (χ1n) is 8.16. The second-order valence-electron chi connectivity index (χ2n) is 5.79. The standard InChI is InChI=1S/C18H17N7O/c19-14-11-13(26)4-5-15(14)22-17-16-3-1-2-8-25(16)23-18(17)21-7-10-24-9-6-20-12-24/h1-6,8-9,11-12H,7,10,19H2,(H,21,23)/b22-15+. The van der Waals surface area contributed by atoms with Crippen LogP contribution in [0.1, 0.15) is 0 Å². The lowest BCUT2D eigenvalue weighted by Gasteiger charge is -2.07. The van der Waals surface area contributed by atoms with E-state index >= 15 is 0 Å². The largest absolute Gasteiger partial charge is 0.397 e. The lowest BCUT2D eigenvalue weighted by molar-refractivity contribution is -0.110. The number of pyridine rings is 1. The predicted molar refractivity (Wildman–Crippen MR) is 99.4 cm³/mol. The fourth-order valence-corrected chi connectivity index (χ4v) is 2.69. The van der Waals surface area contributed by atoms with Gasteiger partial charge >= 0.3 is 0 Å². The van der Waals surface area contributed by atoms with Crippen molar-refractivity contribution in [1.29, 1.82) is 0 Å². The van der Waals surface area contributed by atoms with E-state index < -0.39 is 0 Å². The molecule has 8 nitrogen and oxygen atoms in total. The fourth-order valence-electron chi connectivity index (χ4n) is 2.69. The second-order valence-corrected chi connectivity index (χ2v) is 5.79. The molecule has 26 heavy (non-hydrogen) atoms. The Morgan fingerprint density at radius 1 is 1.23 bits per heavy atom. The first-order valence-corrected chi connectivity index (χ1v) is 8.16. The summed E-state index contributed by atoms with van der Waals surface area (Å²) in [6, 6.07) is 5.76. The molecule has 0 unspecified atom stereocenters. The van der Waals surface area contributed by atoms with Gasteiger partial charge in [-0.15, -0.1) is 5.10 Å². The van der Waals surface area contributed by atoms with Gasteiger partial charge in [-0.3, -0.25) is 4.79 Å². The van der Waals surface area contributed by atoms with Crippen molar-refractivity contribution in [3.63, 3.8) is 0 Å². The first-order chi connectivity index (χ1) is 12.7. The smallest absolute Gasteiger partial charge is 0.180 e. The molecule has 1 aliphatic carbocycles. The maximum atomic E-state index is 11.4. The van der Waals surface area contributed by atoms with E-state index in [1.807, 2.05) is 35.2 Å². The van der Waals surface area contributed by atoms with E-state index in [9.17, 15) is 4.79 Å². The van der Waals surface area contributed by atoms with Crippen LogP contribution in [0.2, 0.25) is 0 Å². The number of aromatic nitrogens is 4. The SMILES string of the molecule is NC1=CC(=O)C=C/C1=N\c1c(NCCn2ccnc2)nn2ccccc12. The molecule has 0 aromatic carbocycles. The highest BCUT2D eigenvalue weighted by Crippen LogP contribution is 2.30. The number of imidazole rings is 1. The number of ketones is 1. The Morgan fingerprint density at radius 2 is 2.15 bits per heavy atom. The Balaban J connectivity index is 1.67. The molecule has 3 aromatic heterocycles. The van der Waals surface area contributed by atoms with E-state index in [1.165, 1.54) is 12.2 Å². The van der Waals surface area contributed by atoms with Gasteiger partial charge in [-0.05, 0) is 24.3 Å². The van der Waals surface area contributed by atoms with Crippen molar-refractivity contribution in [3.05, 3.63) is 67.0 Å². The average molecular weight is 347 g/mol. The zero-order valence-corrected chi connectivity index (χ0v) is 13.9. The number of hydrogen-bond acceptors (Lipinski definition) is 6. The Hall–Kier alpha value is -3.68. The molecule has 0 saturated carbocycles. The van der Waals surface area contributed by atoms with E-state index in [-0.39, 0.29) is 5.78 Å². The van der Waals surface area contributed by atoms with Gasteiger partial charge in [-0.1, -0.05) is 6.07 Å². The van der Waals surface area contributed by atoms with Crippen molar-refractivity contribution in [2.45, 2.75) is 6.54 Å². The molecule has 3 heterocycles. The molecule has 0 bridgehead atoms. The molecule has 0 fully saturated rings. The molecule has 3 N–H and O–H groups in total. The second kappa shape index (κ2) is 6.67. The summed E-state index contributed by atoms with van der Waals surface area (Å²) in [5.74, 6) is 0.516. The minimum absolute atomic E-state index is 0.139. The highest BCUT2D eigenvalue weighted by Gasteiger charge is 2.15. The highest BCUT2D eigenvalue weighted by molar-refractivity contribution is 6.20. The van der Waals surface area contributed by atoms with E-state index in [0.29, 0.717) is 29.5 Å². The van der Waals surface area contributed by atoms with Crippen molar-refractivity contribution in [1.82, 2.24) is 19.2 Å². The molecule has 4 rings (SSSR count). The van der Waals surface area contributed by atoms with Gasteiger partial charge in [0.05, 0.1) is 23.3 Å². The molecular weight excluding hydrogens is 330 g/mol. The van der Waals surface area contributed by atoms with E-state index in [2.05, 4.69) is 20.4 Å². The molecule has 0 spiro atoms. The summed E-state index contributed by atoms with van der Waals surface area (Å²) in [5.41, 5.74) is 8.36. The molecule has 3 aromatic rings. The van der Waals surface area contributed by atoms with Crippen LogP contribution in [0.5, 0.6) is 0 Å². The number of rotatable bonds is 5. The van der Waals surface area contributed by atoms with Crippen molar-refractivity contribution in [2.24, 2.45) is 10.7 Å². The van der Waals surface area contributed by atoms with Gasteiger partial charge < -0.3 is 15.6 Å². The predicted octanol–water partition coefficient (Wildman–Crippen LogP) is 1.70. The van der Waals surface area contributed by atoms with Crippen LogP contribution in [-0.4, -0.2) is 37.2 Å². The van der Waals surface area contributed by atoms with Crippen LogP contribution >= 0.6 is 0 Å². The fraction of sp³-hybridized carbons (Fsp3) is 0.111. The third-order valence-corrected chi connectivity index (χ3v) is 3.97. The number of fused-ring (bicyclic) bond motifs is 1. The number of allylic oxidation sites excluding steroid dienone is 3. The lowest BCUT2D eigenvalue weighted by Crippen LogP contribution is -2.15. The molecule has 8 heteroatoms. The average Bonchev–Trinajstić information content (AvgIpc) is 3.26. The molecule has 1 aliphatic rings. The summed E-state index contributed by atoms with van der Waals surface area (Å²) < 4.78 is 3.74. The van der Waals surface area contributed by atoms with E-state index in [4.69, 9.17) is 5.73 Å². The maximum absolute atomic E-state index is 11.4. The molecule has 0 radical (unpaired) electrons. The number of anilines is 1. The third-order valence-electron chi connectivity index (χ3n) is 3.97. The molecule has 130 valence electrons. The van der Waals surface area contributed by atoms with Gasteiger partial charge in [0.15, 0.2) is 11.6 Å². The summed E-state index contributed by atoms with van der Waals surface area (Å²) >= 11 is 0. The van der Waals surface area contributed by atoms with E-state index in [1.54, 1.807) is 23.1 Å². The minimum atomic E-state index is -0.139. The van der Waals surface area contributed by atoms with Crippen molar-refractivity contribution in [2.75, 3.05) is 11.9 Å². The Bertz CT molecular complexity index is 1040. The van der Waals surface area contributed by atoms with Crippen molar-refractivity contribution < 1.29 is 4.79 Å². The molecule has 0 amide bonds. The molecular formula is C18H17N7O. The van der Waals surface area contributed by atoms with Crippen LogP contribution in [-0.2, 0) is 11.3 Å². The summed E-state index contributed by atoms with van der Waals surface area (Å²) in [4.78, 5) is 20.1. The topological polar surface area (TPSA) is 103 Å². The summed E-state index contributed by atoms with van der Waals surface area (Å²) in [6.45, 7) is 1.41. The zero-order chi connectivity index (χ0) is 17.9. The van der Waals surface area contributed by atoms with Gasteiger partial charge in [0.1, 0.15) is 5.69 Å². The third kappa shape index (κ3) is 3.12. The zero-order valence-electron chi connectivity index (χ0n) is 13.9. The number of aliphatic imine (C=N–C) groups is 1. The van der Waals surface area contributed by atoms with Gasteiger partial charge in [-0.25, -0.2) is 14.5 Å². The van der Waals surface area contributed by atoms with Crippen LogP contribution in [0.4, 0.5) is 11.5 Å². The van der Waals surface area contributed by atoms with Crippen LogP contribution < -0.4 is 11.1 Å². The Kier molecular flexibility index (Phi) is 4.06. The first kappa shape index (κ1) is 15.8. The summed E-state index contributed by atoms with van der Waals surface area (Å²) in [7, 11) is 0. The van der Waals surface area contributed by atoms with Crippen LogP contribution in [0.3, 0.4) is 0 Å². The summed E-state index contributed by atoms with van der Waals surface area (Å²) in [5, 5.41) is 7.87.